The van der Waals surface area contributed by atoms with Gasteiger partial charge >= 0.3 is 0 Å². The third-order valence-electron chi connectivity index (χ3n) is 6.39. The SMILES string of the molecule is Cc1cc(-c2ccc3c(c2)oc2c(Cl)cccc23)ccc1-c1cc2ccccc2cc1C. The van der Waals surface area contributed by atoms with Crippen LogP contribution >= 0.6 is 11.6 Å². The minimum absolute atomic E-state index is 0.645. The molecule has 0 amide bonds. The Kier molecular flexibility index (Phi) is 4.34. The number of rotatable bonds is 2. The van der Waals surface area contributed by atoms with Crippen LogP contribution in [0, 0.1) is 13.8 Å². The van der Waals surface area contributed by atoms with Crippen LogP contribution in [0.5, 0.6) is 0 Å². The van der Waals surface area contributed by atoms with Gasteiger partial charge < -0.3 is 4.42 Å². The zero-order valence-electron chi connectivity index (χ0n) is 17.9. The molecule has 6 rings (SSSR count). The van der Waals surface area contributed by atoms with E-state index >= 15 is 0 Å². The first-order chi connectivity index (χ1) is 15.6. The van der Waals surface area contributed by atoms with Gasteiger partial charge in [0.2, 0.25) is 0 Å². The number of halogens is 1. The van der Waals surface area contributed by atoms with Crippen LogP contribution in [0.3, 0.4) is 0 Å². The Bertz CT molecular complexity index is 1660. The Labute approximate surface area is 191 Å². The third kappa shape index (κ3) is 3.01. The maximum absolute atomic E-state index is 6.34. The smallest absolute Gasteiger partial charge is 0.153 e. The van der Waals surface area contributed by atoms with Crippen LogP contribution in [0.2, 0.25) is 5.02 Å². The van der Waals surface area contributed by atoms with Crippen LogP contribution in [-0.2, 0) is 0 Å². The van der Waals surface area contributed by atoms with Crippen molar-refractivity contribution in [2.24, 2.45) is 0 Å². The molecule has 154 valence electrons. The maximum atomic E-state index is 6.34. The van der Waals surface area contributed by atoms with E-state index in [4.69, 9.17) is 16.0 Å². The second-order valence-corrected chi connectivity index (χ2v) is 8.88. The summed E-state index contributed by atoms with van der Waals surface area (Å²) < 4.78 is 6.09. The van der Waals surface area contributed by atoms with E-state index in [0.29, 0.717) is 5.02 Å². The van der Waals surface area contributed by atoms with Crippen molar-refractivity contribution in [3.8, 4) is 22.3 Å². The highest BCUT2D eigenvalue weighted by atomic mass is 35.5. The lowest BCUT2D eigenvalue weighted by Crippen LogP contribution is -1.89. The second kappa shape index (κ2) is 7.25. The van der Waals surface area contributed by atoms with Gasteiger partial charge in [-0.05, 0) is 82.3 Å². The van der Waals surface area contributed by atoms with Gasteiger partial charge in [0.1, 0.15) is 5.58 Å². The van der Waals surface area contributed by atoms with Crippen molar-refractivity contribution in [3.63, 3.8) is 0 Å². The molecule has 32 heavy (non-hydrogen) atoms. The highest BCUT2D eigenvalue weighted by molar-refractivity contribution is 6.35. The molecule has 6 aromatic rings. The molecule has 0 aliphatic rings. The molecular weight excluding hydrogens is 412 g/mol. The molecule has 0 fully saturated rings. The van der Waals surface area contributed by atoms with E-state index in [2.05, 4.69) is 92.7 Å². The van der Waals surface area contributed by atoms with Gasteiger partial charge in [-0.3, -0.25) is 0 Å². The van der Waals surface area contributed by atoms with E-state index in [1.54, 1.807) is 0 Å². The molecule has 0 aliphatic heterocycles. The number of hydrogen-bond acceptors (Lipinski definition) is 1. The summed E-state index contributed by atoms with van der Waals surface area (Å²) in [5, 5.41) is 5.34. The summed E-state index contributed by atoms with van der Waals surface area (Å²) in [4.78, 5) is 0. The van der Waals surface area contributed by atoms with Gasteiger partial charge in [-0.25, -0.2) is 0 Å². The second-order valence-electron chi connectivity index (χ2n) is 8.47. The zero-order valence-corrected chi connectivity index (χ0v) is 18.7. The molecule has 0 atom stereocenters. The van der Waals surface area contributed by atoms with E-state index in [9.17, 15) is 0 Å². The summed E-state index contributed by atoms with van der Waals surface area (Å²) in [5.41, 5.74) is 9.03. The van der Waals surface area contributed by atoms with Crippen LogP contribution in [0.4, 0.5) is 0 Å². The molecule has 0 bridgehead atoms. The summed E-state index contributed by atoms with van der Waals surface area (Å²) in [6.07, 6.45) is 0. The minimum Gasteiger partial charge on any atom is -0.454 e. The predicted molar refractivity (Wildman–Crippen MR) is 137 cm³/mol. The van der Waals surface area contributed by atoms with E-state index < -0.39 is 0 Å². The summed E-state index contributed by atoms with van der Waals surface area (Å²) in [7, 11) is 0. The number of aryl methyl sites for hydroxylation is 2. The molecule has 0 saturated carbocycles. The van der Waals surface area contributed by atoms with Crippen molar-refractivity contribution in [2.75, 3.05) is 0 Å². The first kappa shape index (κ1) is 19.2. The number of furan rings is 1. The van der Waals surface area contributed by atoms with Gasteiger partial charge in [0.25, 0.3) is 0 Å². The first-order valence-corrected chi connectivity index (χ1v) is 11.2. The van der Waals surface area contributed by atoms with Crippen molar-refractivity contribution >= 4 is 44.3 Å². The highest BCUT2D eigenvalue weighted by Crippen LogP contribution is 2.37. The number of fused-ring (bicyclic) bond motifs is 4. The lowest BCUT2D eigenvalue weighted by atomic mass is 9.91. The summed E-state index contributed by atoms with van der Waals surface area (Å²) >= 11 is 6.34. The van der Waals surface area contributed by atoms with Crippen LogP contribution in [-0.4, -0.2) is 0 Å². The topological polar surface area (TPSA) is 13.1 Å². The van der Waals surface area contributed by atoms with Gasteiger partial charge in [-0.2, -0.15) is 0 Å². The lowest BCUT2D eigenvalue weighted by molar-refractivity contribution is 0.669. The monoisotopic (exact) mass is 432 g/mol. The average Bonchev–Trinajstić information content (AvgIpc) is 3.18. The molecule has 1 aromatic heterocycles. The van der Waals surface area contributed by atoms with Gasteiger partial charge in [0.15, 0.2) is 5.58 Å². The van der Waals surface area contributed by atoms with E-state index in [1.807, 2.05) is 12.1 Å². The Morgan fingerprint density at radius 2 is 1.31 bits per heavy atom. The minimum atomic E-state index is 0.645. The Morgan fingerprint density at radius 3 is 2.12 bits per heavy atom. The number of benzene rings is 5. The molecule has 0 unspecified atom stereocenters. The average molecular weight is 433 g/mol. The molecule has 5 aromatic carbocycles. The maximum Gasteiger partial charge on any atom is 0.153 e. The largest absolute Gasteiger partial charge is 0.454 e. The fourth-order valence-corrected chi connectivity index (χ4v) is 4.95. The van der Waals surface area contributed by atoms with Gasteiger partial charge in [0.05, 0.1) is 5.02 Å². The Morgan fingerprint density at radius 1 is 0.594 bits per heavy atom. The van der Waals surface area contributed by atoms with Crippen molar-refractivity contribution < 1.29 is 4.42 Å². The Hall–Kier alpha value is -3.55. The highest BCUT2D eigenvalue weighted by Gasteiger charge is 2.12. The zero-order chi connectivity index (χ0) is 21.8. The fourth-order valence-electron chi connectivity index (χ4n) is 4.73. The summed E-state index contributed by atoms with van der Waals surface area (Å²) in [6.45, 7) is 4.38. The molecular formula is C30H21ClO. The van der Waals surface area contributed by atoms with Crippen molar-refractivity contribution in [1.82, 2.24) is 0 Å². The van der Waals surface area contributed by atoms with Gasteiger partial charge in [0, 0.05) is 10.8 Å². The van der Waals surface area contributed by atoms with E-state index in [-0.39, 0.29) is 0 Å². The van der Waals surface area contributed by atoms with E-state index in [0.717, 1.165) is 27.5 Å². The van der Waals surface area contributed by atoms with Crippen LogP contribution in [0.1, 0.15) is 11.1 Å². The fraction of sp³-hybridized carbons (Fsp3) is 0.0667. The molecule has 0 saturated heterocycles. The van der Waals surface area contributed by atoms with Crippen LogP contribution < -0.4 is 0 Å². The first-order valence-electron chi connectivity index (χ1n) is 10.8. The Balaban J connectivity index is 1.45. The molecule has 0 N–H and O–H groups in total. The van der Waals surface area contributed by atoms with Gasteiger partial charge in [-0.15, -0.1) is 0 Å². The van der Waals surface area contributed by atoms with E-state index in [1.165, 1.54) is 38.6 Å². The van der Waals surface area contributed by atoms with Crippen molar-refractivity contribution in [1.29, 1.82) is 0 Å². The molecule has 0 spiro atoms. The molecule has 1 nitrogen and oxygen atoms in total. The summed E-state index contributed by atoms with van der Waals surface area (Å²) in [5.74, 6) is 0. The van der Waals surface area contributed by atoms with Gasteiger partial charge in [-0.1, -0.05) is 78.3 Å². The number of para-hydroxylation sites is 1. The normalized spacial score (nSPS) is 11.6. The van der Waals surface area contributed by atoms with Crippen molar-refractivity contribution in [2.45, 2.75) is 13.8 Å². The molecule has 2 heteroatoms. The number of hydrogen-bond donors (Lipinski definition) is 0. The lowest BCUT2D eigenvalue weighted by Gasteiger charge is -2.13. The third-order valence-corrected chi connectivity index (χ3v) is 6.69. The molecule has 0 radical (unpaired) electrons. The van der Waals surface area contributed by atoms with Crippen LogP contribution in [0.15, 0.2) is 95.4 Å². The molecule has 0 aliphatic carbocycles. The quantitative estimate of drug-likeness (QED) is 0.265. The molecule has 1 heterocycles. The standard InChI is InChI=1S/C30H21ClO/c1-18-14-22(10-12-24(18)27-16-21-7-4-3-6-20(21)15-19(27)2)23-11-13-25-26-8-5-9-28(31)30(26)32-29(25)17-23/h3-17H,1-2H3. The predicted octanol–water partition coefficient (Wildman–Crippen LogP) is 9.34. The van der Waals surface area contributed by atoms with Crippen LogP contribution in [0.25, 0.3) is 55.0 Å². The summed E-state index contributed by atoms with van der Waals surface area (Å²) in [6, 6.07) is 32.1. The van der Waals surface area contributed by atoms with Crippen molar-refractivity contribution in [3.05, 3.63) is 107 Å².